The number of hydrogen-bond acceptors (Lipinski definition) is 3. The van der Waals surface area contributed by atoms with Gasteiger partial charge in [-0.05, 0) is 18.2 Å². The van der Waals surface area contributed by atoms with E-state index in [4.69, 9.17) is 10.8 Å². The predicted molar refractivity (Wildman–Crippen MR) is 67.6 cm³/mol. The maximum absolute atomic E-state index is 12.4. The number of nitrogens with zero attached hydrogens (tertiary/aromatic N) is 1. The largest absolute Gasteiger partial charge is 0.406 e. The van der Waals surface area contributed by atoms with Crippen LogP contribution in [0.4, 0.5) is 18.9 Å². The van der Waals surface area contributed by atoms with Gasteiger partial charge in [0.25, 0.3) is 5.91 Å². The van der Waals surface area contributed by atoms with Crippen LogP contribution >= 0.6 is 15.9 Å². The van der Waals surface area contributed by atoms with Crippen molar-refractivity contribution < 1.29 is 23.1 Å². The van der Waals surface area contributed by atoms with Gasteiger partial charge in [-0.25, -0.2) is 0 Å². The van der Waals surface area contributed by atoms with Crippen LogP contribution in [0.25, 0.3) is 0 Å². The van der Waals surface area contributed by atoms with Gasteiger partial charge in [-0.1, -0.05) is 15.9 Å². The molecule has 0 aromatic heterocycles. The van der Waals surface area contributed by atoms with Crippen LogP contribution in [0, 0.1) is 0 Å². The smallest absolute Gasteiger partial charge is 0.398 e. The van der Waals surface area contributed by atoms with Crippen molar-refractivity contribution in [2.45, 2.75) is 6.18 Å². The second kappa shape index (κ2) is 6.25. The van der Waals surface area contributed by atoms with E-state index in [1.165, 1.54) is 12.1 Å². The Hall–Kier alpha value is -1.28. The zero-order chi connectivity index (χ0) is 14.6. The fourth-order valence-corrected chi connectivity index (χ4v) is 1.83. The normalized spacial score (nSPS) is 11.4. The molecule has 1 rings (SSSR count). The summed E-state index contributed by atoms with van der Waals surface area (Å²) in [5.41, 5.74) is 5.62. The zero-order valence-corrected chi connectivity index (χ0v) is 11.3. The summed E-state index contributed by atoms with van der Waals surface area (Å²) in [6.07, 6.45) is -4.54. The molecule has 1 aromatic rings. The minimum atomic E-state index is -4.54. The molecule has 0 saturated carbocycles. The molecule has 0 spiro atoms. The molecule has 19 heavy (non-hydrogen) atoms. The van der Waals surface area contributed by atoms with E-state index >= 15 is 0 Å². The van der Waals surface area contributed by atoms with Crippen molar-refractivity contribution in [2.24, 2.45) is 0 Å². The van der Waals surface area contributed by atoms with Crippen molar-refractivity contribution >= 4 is 27.5 Å². The van der Waals surface area contributed by atoms with Crippen molar-refractivity contribution in [3.05, 3.63) is 28.2 Å². The van der Waals surface area contributed by atoms with Crippen LogP contribution in [-0.4, -0.2) is 41.8 Å². The van der Waals surface area contributed by atoms with E-state index in [0.29, 0.717) is 9.37 Å². The lowest BCUT2D eigenvalue weighted by Gasteiger charge is -2.23. The number of halogens is 4. The topological polar surface area (TPSA) is 66.6 Å². The van der Waals surface area contributed by atoms with E-state index in [-0.39, 0.29) is 11.3 Å². The summed E-state index contributed by atoms with van der Waals surface area (Å²) in [6.45, 7) is -2.40. The monoisotopic (exact) mass is 340 g/mol. The van der Waals surface area contributed by atoms with Crippen LogP contribution in [0.5, 0.6) is 0 Å². The minimum absolute atomic E-state index is 0.0351. The number of amides is 1. The average Bonchev–Trinajstić information content (AvgIpc) is 2.29. The van der Waals surface area contributed by atoms with Crippen molar-refractivity contribution in [3.8, 4) is 0 Å². The quantitative estimate of drug-likeness (QED) is 0.824. The fourth-order valence-electron chi connectivity index (χ4n) is 1.47. The van der Waals surface area contributed by atoms with Gasteiger partial charge in [-0.3, -0.25) is 4.79 Å². The minimum Gasteiger partial charge on any atom is -0.398 e. The lowest BCUT2D eigenvalue weighted by Crippen LogP contribution is -2.40. The molecule has 0 radical (unpaired) electrons. The van der Waals surface area contributed by atoms with Gasteiger partial charge in [0.05, 0.1) is 12.2 Å². The number of benzene rings is 1. The number of aliphatic hydroxyl groups is 1. The van der Waals surface area contributed by atoms with Crippen molar-refractivity contribution in [1.82, 2.24) is 4.90 Å². The number of rotatable bonds is 4. The highest BCUT2D eigenvalue weighted by Crippen LogP contribution is 2.22. The molecule has 0 heterocycles. The van der Waals surface area contributed by atoms with Crippen molar-refractivity contribution in [2.75, 3.05) is 25.4 Å². The summed E-state index contributed by atoms with van der Waals surface area (Å²) in [5, 5.41) is 8.75. The van der Waals surface area contributed by atoms with Gasteiger partial charge < -0.3 is 15.7 Å². The number of carbonyl (C=O) groups excluding carboxylic acids is 1. The Labute approximate surface area is 116 Å². The van der Waals surface area contributed by atoms with Crippen LogP contribution in [-0.2, 0) is 0 Å². The van der Waals surface area contributed by atoms with Gasteiger partial charge >= 0.3 is 6.18 Å². The van der Waals surface area contributed by atoms with Gasteiger partial charge in [-0.15, -0.1) is 0 Å². The van der Waals surface area contributed by atoms with Crippen LogP contribution in [0.2, 0.25) is 0 Å². The molecule has 1 aromatic carbocycles. The molecule has 106 valence electrons. The van der Waals surface area contributed by atoms with Crippen molar-refractivity contribution in [3.63, 3.8) is 0 Å². The van der Waals surface area contributed by atoms with E-state index in [1.54, 1.807) is 6.07 Å². The molecule has 0 saturated heterocycles. The molecule has 8 heteroatoms. The molecular formula is C11H12BrF3N2O2. The standard InChI is InChI=1S/C11H12BrF3N2O2/c12-7-1-2-9(16)8(5-7)10(19)17(3-4-18)6-11(13,14)15/h1-2,5,18H,3-4,6,16H2. The summed E-state index contributed by atoms with van der Waals surface area (Å²) in [4.78, 5) is 12.5. The molecule has 0 aliphatic heterocycles. The maximum atomic E-state index is 12.4. The first-order valence-electron chi connectivity index (χ1n) is 5.26. The number of aliphatic hydroxyl groups excluding tert-OH is 1. The first-order valence-corrected chi connectivity index (χ1v) is 6.06. The van der Waals surface area contributed by atoms with E-state index < -0.39 is 31.8 Å². The van der Waals surface area contributed by atoms with E-state index in [1.807, 2.05) is 0 Å². The molecule has 0 unspecified atom stereocenters. The number of hydrogen-bond donors (Lipinski definition) is 2. The summed E-state index contributed by atoms with van der Waals surface area (Å²) in [6, 6.07) is 4.34. The summed E-state index contributed by atoms with van der Waals surface area (Å²) < 4.78 is 37.6. The molecule has 4 nitrogen and oxygen atoms in total. The highest BCUT2D eigenvalue weighted by Gasteiger charge is 2.33. The van der Waals surface area contributed by atoms with Gasteiger partial charge in [0.1, 0.15) is 6.54 Å². The molecule has 0 aliphatic carbocycles. The van der Waals surface area contributed by atoms with Gasteiger partial charge in [-0.2, -0.15) is 13.2 Å². The predicted octanol–water partition coefficient (Wildman–Crippen LogP) is 2.03. The molecule has 0 fully saturated rings. The van der Waals surface area contributed by atoms with E-state index in [9.17, 15) is 18.0 Å². The molecule has 3 N–H and O–H groups in total. The molecule has 0 aliphatic rings. The number of carbonyl (C=O) groups is 1. The Kier molecular flexibility index (Phi) is 5.19. The fraction of sp³-hybridized carbons (Fsp3) is 0.364. The van der Waals surface area contributed by atoms with Gasteiger partial charge in [0.15, 0.2) is 0 Å². The molecule has 1 amide bonds. The van der Waals surface area contributed by atoms with E-state index in [2.05, 4.69) is 15.9 Å². The summed E-state index contributed by atoms with van der Waals surface area (Å²) in [5.74, 6) is -0.870. The first kappa shape index (κ1) is 15.8. The number of nitrogens with two attached hydrogens (primary N) is 1. The van der Waals surface area contributed by atoms with E-state index in [0.717, 1.165) is 0 Å². The summed E-state index contributed by atoms with van der Waals surface area (Å²) >= 11 is 3.12. The van der Waals surface area contributed by atoms with Crippen LogP contribution in [0.3, 0.4) is 0 Å². The Bertz CT molecular complexity index is 466. The SMILES string of the molecule is Nc1ccc(Br)cc1C(=O)N(CCO)CC(F)(F)F. The summed E-state index contributed by atoms with van der Waals surface area (Å²) in [7, 11) is 0. The Balaban J connectivity index is 3.02. The van der Waals surface area contributed by atoms with Crippen LogP contribution < -0.4 is 5.73 Å². The third kappa shape index (κ3) is 4.71. The van der Waals surface area contributed by atoms with Gasteiger partial charge in [0, 0.05) is 16.7 Å². The van der Waals surface area contributed by atoms with Crippen LogP contribution in [0.15, 0.2) is 22.7 Å². The lowest BCUT2D eigenvalue weighted by molar-refractivity contribution is -0.141. The number of anilines is 1. The molecule has 0 atom stereocenters. The highest BCUT2D eigenvalue weighted by atomic mass is 79.9. The number of alkyl halides is 3. The maximum Gasteiger partial charge on any atom is 0.406 e. The van der Waals surface area contributed by atoms with Crippen LogP contribution in [0.1, 0.15) is 10.4 Å². The Morgan fingerprint density at radius 1 is 1.42 bits per heavy atom. The third-order valence-corrected chi connectivity index (χ3v) is 2.77. The second-order valence-corrected chi connectivity index (χ2v) is 4.71. The van der Waals surface area contributed by atoms with Gasteiger partial charge in [0.2, 0.25) is 0 Å². The molecular weight excluding hydrogens is 329 g/mol. The zero-order valence-electron chi connectivity index (χ0n) is 9.75. The third-order valence-electron chi connectivity index (χ3n) is 2.27. The lowest BCUT2D eigenvalue weighted by atomic mass is 10.1. The first-order chi connectivity index (χ1) is 8.74. The Morgan fingerprint density at radius 3 is 2.58 bits per heavy atom. The molecule has 0 bridgehead atoms. The van der Waals surface area contributed by atoms with Crippen molar-refractivity contribution in [1.29, 1.82) is 0 Å². The number of nitrogen functional groups attached to an aromatic ring is 1. The average molecular weight is 341 g/mol. The second-order valence-electron chi connectivity index (χ2n) is 3.80. The Morgan fingerprint density at radius 2 is 2.05 bits per heavy atom. The highest BCUT2D eigenvalue weighted by molar-refractivity contribution is 9.10.